The molecule has 9 nitrogen and oxygen atoms in total. The molecule has 1 aromatic heterocycles. The van der Waals surface area contributed by atoms with Crippen molar-refractivity contribution in [3.05, 3.63) is 52.5 Å². The number of alkyl halides is 2. The predicted molar refractivity (Wildman–Crippen MR) is 132 cm³/mol. The van der Waals surface area contributed by atoms with Crippen LogP contribution < -0.4 is 16.0 Å². The third-order valence-electron chi connectivity index (χ3n) is 6.03. The minimum atomic E-state index is -2.93. The first-order valence-electron chi connectivity index (χ1n) is 11.9. The second-order valence-corrected chi connectivity index (χ2v) is 9.66. The van der Waals surface area contributed by atoms with Crippen molar-refractivity contribution < 1.29 is 32.7 Å². The number of amides is 3. The van der Waals surface area contributed by atoms with Gasteiger partial charge in [0.2, 0.25) is 23.5 Å². The zero-order chi connectivity index (χ0) is 26.8. The summed E-state index contributed by atoms with van der Waals surface area (Å²) in [6.45, 7) is -0.197. The van der Waals surface area contributed by atoms with Gasteiger partial charge in [0.15, 0.2) is 0 Å². The van der Waals surface area contributed by atoms with Gasteiger partial charge in [-0.1, -0.05) is 30.3 Å². The molecule has 0 radical (unpaired) electrons. The fraction of sp³-hybridized carbons (Fsp3) is 0.480. The van der Waals surface area contributed by atoms with Gasteiger partial charge < -0.3 is 20.7 Å². The van der Waals surface area contributed by atoms with Gasteiger partial charge in [-0.2, -0.15) is 0 Å². The van der Waals surface area contributed by atoms with E-state index in [-0.39, 0.29) is 38.8 Å². The lowest BCUT2D eigenvalue weighted by Crippen LogP contribution is -2.56. The molecule has 3 rings (SSSR count). The molecule has 200 valence electrons. The Morgan fingerprint density at radius 3 is 2.57 bits per heavy atom. The molecule has 3 amide bonds. The molecule has 1 fully saturated rings. The average molecular weight is 537 g/mol. The van der Waals surface area contributed by atoms with Gasteiger partial charge in [-0.25, -0.2) is 13.8 Å². The minimum Gasteiger partial charge on any atom is -0.382 e. The number of nitrogens with zero attached hydrogens (tertiary/aromatic N) is 1. The van der Waals surface area contributed by atoms with Gasteiger partial charge in [0, 0.05) is 37.7 Å². The summed E-state index contributed by atoms with van der Waals surface area (Å²) in [6.07, 6.45) is -0.341. The van der Waals surface area contributed by atoms with Gasteiger partial charge in [-0.3, -0.25) is 19.2 Å². The fourth-order valence-electron chi connectivity index (χ4n) is 4.11. The fourth-order valence-corrected chi connectivity index (χ4v) is 4.67. The highest BCUT2D eigenvalue weighted by Gasteiger charge is 2.40. The van der Waals surface area contributed by atoms with Crippen LogP contribution in [-0.4, -0.2) is 60.2 Å². The number of benzene rings is 1. The first kappa shape index (κ1) is 28.3. The normalized spacial score (nSPS) is 18.3. The summed E-state index contributed by atoms with van der Waals surface area (Å²) in [4.78, 5) is 55.4. The van der Waals surface area contributed by atoms with E-state index in [2.05, 4.69) is 20.9 Å². The predicted octanol–water partition coefficient (Wildman–Crippen LogP) is 2.01. The molecule has 1 heterocycles. The highest BCUT2D eigenvalue weighted by molar-refractivity contribution is 7.07. The summed E-state index contributed by atoms with van der Waals surface area (Å²) in [5.41, 5.74) is 2.89. The molecule has 0 aliphatic heterocycles. The van der Waals surface area contributed by atoms with Gasteiger partial charge in [0.1, 0.15) is 12.1 Å². The number of rotatable bonds is 12. The molecule has 1 aromatic carbocycles. The number of methoxy groups -OCH3 is 1. The van der Waals surface area contributed by atoms with Gasteiger partial charge in [0.25, 0.3) is 5.91 Å². The molecule has 12 heteroatoms. The monoisotopic (exact) mass is 536 g/mol. The van der Waals surface area contributed by atoms with Crippen molar-refractivity contribution in [1.82, 2.24) is 20.9 Å². The quantitative estimate of drug-likeness (QED) is 0.356. The Bertz CT molecular complexity index is 1070. The average Bonchev–Trinajstić information content (AvgIpc) is 3.40. The van der Waals surface area contributed by atoms with Crippen molar-refractivity contribution in [3.63, 3.8) is 0 Å². The standard InChI is InChI=1S/C25H30F2N4O5S/c1-36-13-20(31-22(33)17-8-5-9-25(26,27)11-17)23(34)30-19(10-16-6-3-2-4-7-16)21(32)24(35)28-12-18-14-37-15-29-18/h2-4,6-7,14-15,17,19-20H,5,8-13H2,1H3,(H,28,35)(H,30,34)(H,31,33)/t17?,19-,20-/m1/s1. The summed E-state index contributed by atoms with van der Waals surface area (Å²) in [6, 6.07) is 6.33. The van der Waals surface area contributed by atoms with Crippen molar-refractivity contribution in [3.8, 4) is 0 Å². The number of ether oxygens (including phenoxy) is 1. The second-order valence-electron chi connectivity index (χ2n) is 8.94. The maximum absolute atomic E-state index is 13.8. The summed E-state index contributed by atoms with van der Waals surface area (Å²) >= 11 is 1.35. The number of hydrogen-bond acceptors (Lipinski definition) is 7. The number of halogens is 2. The Morgan fingerprint density at radius 2 is 1.92 bits per heavy atom. The Kier molecular flexibility index (Phi) is 10.2. The number of Topliss-reactive ketones (excluding diaryl/α,β-unsaturated/α-hetero) is 1. The van der Waals surface area contributed by atoms with Crippen molar-refractivity contribution in [2.45, 2.75) is 56.7 Å². The summed E-state index contributed by atoms with van der Waals surface area (Å²) < 4.78 is 32.6. The molecular formula is C25H30F2N4O5S. The largest absolute Gasteiger partial charge is 0.382 e. The van der Waals surface area contributed by atoms with Gasteiger partial charge in [-0.05, 0) is 18.4 Å². The number of carbonyl (C=O) groups excluding carboxylic acids is 4. The van der Waals surface area contributed by atoms with Crippen molar-refractivity contribution in [2.75, 3.05) is 13.7 Å². The van der Waals surface area contributed by atoms with Crippen molar-refractivity contribution in [1.29, 1.82) is 0 Å². The SMILES string of the molecule is COC[C@@H](NC(=O)C1CCCC(F)(F)C1)C(=O)N[C@H](Cc1ccccc1)C(=O)C(=O)NCc1cscn1. The van der Waals surface area contributed by atoms with Crippen LogP contribution in [0.1, 0.15) is 36.9 Å². The lowest BCUT2D eigenvalue weighted by molar-refractivity contribution is -0.141. The van der Waals surface area contributed by atoms with Gasteiger partial charge in [0.05, 0.1) is 24.4 Å². The van der Waals surface area contributed by atoms with Crippen LogP contribution in [0.15, 0.2) is 41.2 Å². The molecule has 1 aliphatic carbocycles. The molecule has 1 unspecified atom stereocenters. The van der Waals surface area contributed by atoms with E-state index in [1.54, 1.807) is 41.2 Å². The number of hydrogen-bond donors (Lipinski definition) is 3. The zero-order valence-electron chi connectivity index (χ0n) is 20.4. The van der Waals surface area contributed by atoms with Crippen molar-refractivity contribution >= 4 is 34.8 Å². The van der Waals surface area contributed by atoms with E-state index >= 15 is 0 Å². The summed E-state index contributed by atoms with van der Waals surface area (Å²) in [5.74, 6) is -7.08. The summed E-state index contributed by atoms with van der Waals surface area (Å²) in [5, 5.41) is 9.25. The molecule has 1 aliphatic rings. The lowest BCUT2D eigenvalue weighted by atomic mass is 9.86. The smallest absolute Gasteiger partial charge is 0.289 e. The minimum absolute atomic E-state index is 0.0258. The van der Waals surface area contributed by atoms with Crippen molar-refractivity contribution in [2.24, 2.45) is 5.92 Å². The third-order valence-corrected chi connectivity index (χ3v) is 6.67. The maximum Gasteiger partial charge on any atom is 0.289 e. The van der Waals surface area contributed by atoms with Crippen LogP contribution in [0.3, 0.4) is 0 Å². The number of nitrogens with one attached hydrogen (secondary N) is 3. The van der Waals surface area contributed by atoms with E-state index < -0.39 is 53.8 Å². The van der Waals surface area contributed by atoms with Gasteiger partial charge in [-0.15, -0.1) is 11.3 Å². The molecular weight excluding hydrogens is 506 g/mol. The number of ketones is 1. The van der Waals surface area contributed by atoms with Crippen LogP contribution in [0.25, 0.3) is 0 Å². The topological polar surface area (TPSA) is 126 Å². The molecule has 3 atom stereocenters. The van der Waals surface area contributed by atoms with Crippen LogP contribution in [-0.2, 0) is 36.9 Å². The molecule has 0 spiro atoms. The number of thiazole rings is 1. The first-order valence-corrected chi connectivity index (χ1v) is 12.8. The van der Waals surface area contributed by atoms with E-state index in [1.807, 2.05) is 0 Å². The van der Waals surface area contributed by atoms with E-state index in [1.165, 1.54) is 18.4 Å². The molecule has 2 aromatic rings. The van der Waals surface area contributed by atoms with E-state index in [0.717, 1.165) is 0 Å². The Hall–Kier alpha value is -3.25. The second kappa shape index (κ2) is 13.3. The van der Waals surface area contributed by atoms with Gasteiger partial charge >= 0.3 is 0 Å². The highest BCUT2D eigenvalue weighted by Crippen LogP contribution is 2.36. The molecule has 1 saturated carbocycles. The maximum atomic E-state index is 13.8. The Labute approximate surface area is 217 Å². The summed E-state index contributed by atoms with van der Waals surface area (Å²) in [7, 11) is 1.32. The third kappa shape index (κ3) is 8.67. The van der Waals surface area contributed by atoms with E-state index in [4.69, 9.17) is 4.74 Å². The van der Waals surface area contributed by atoms with E-state index in [9.17, 15) is 28.0 Å². The number of carbonyl (C=O) groups is 4. The molecule has 3 N–H and O–H groups in total. The molecule has 0 bridgehead atoms. The van der Waals surface area contributed by atoms with Crippen LogP contribution in [0, 0.1) is 5.92 Å². The number of aromatic nitrogens is 1. The van der Waals surface area contributed by atoms with Crippen LogP contribution in [0.4, 0.5) is 8.78 Å². The van der Waals surface area contributed by atoms with E-state index in [0.29, 0.717) is 11.3 Å². The zero-order valence-corrected chi connectivity index (χ0v) is 21.2. The highest BCUT2D eigenvalue weighted by atomic mass is 32.1. The van der Waals surface area contributed by atoms with Crippen LogP contribution in [0.2, 0.25) is 0 Å². The molecule has 0 saturated heterocycles. The Morgan fingerprint density at radius 1 is 1.16 bits per heavy atom. The lowest BCUT2D eigenvalue weighted by Gasteiger charge is -2.29. The first-order chi connectivity index (χ1) is 17.7. The molecule has 37 heavy (non-hydrogen) atoms. The van der Waals surface area contributed by atoms with Crippen LogP contribution in [0.5, 0.6) is 0 Å². The van der Waals surface area contributed by atoms with Crippen LogP contribution >= 0.6 is 11.3 Å². The Balaban J connectivity index is 1.69.